The van der Waals surface area contributed by atoms with E-state index in [-0.39, 0.29) is 11.8 Å². The zero-order valence-corrected chi connectivity index (χ0v) is 11.2. The molecule has 18 heavy (non-hydrogen) atoms. The lowest BCUT2D eigenvalue weighted by atomic mass is 9.95. The van der Waals surface area contributed by atoms with Crippen molar-refractivity contribution in [3.05, 3.63) is 0 Å². The molecule has 2 fully saturated rings. The molecular formula is C14H26N2O2. The molecule has 1 saturated carbocycles. The van der Waals surface area contributed by atoms with Gasteiger partial charge in [0.15, 0.2) is 0 Å². The van der Waals surface area contributed by atoms with Crippen LogP contribution in [0.25, 0.3) is 0 Å². The van der Waals surface area contributed by atoms with Gasteiger partial charge in [-0.05, 0) is 51.0 Å². The van der Waals surface area contributed by atoms with Crippen molar-refractivity contribution in [3.8, 4) is 0 Å². The van der Waals surface area contributed by atoms with Crippen LogP contribution in [-0.4, -0.2) is 31.7 Å². The fourth-order valence-electron chi connectivity index (χ4n) is 3.19. The van der Waals surface area contributed by atoms with Gasteiger partial charge in [0, 0.05) is 19.1 Å². The molecule has 2 aliphatic rings. The summed E-state index contributed by atoms with van der Waals surface area (Å²) in [5, 5.41) is 3.06. The van der Waals surface area contributed by atoms with Crippen molar-refractivity contribution in [2.45, 2.75) is 51.0 Å². The maximum atomic E-state index is 12.0. The molecule has 1 heterocycles. The van der Waals surface area contributed by atoms with Crippen LogP contribution in [0.15, 0.2) is 0 Å². The summed E-state index contributed by atoms with van der Waals surface area (Å²) in [6.45, 7) is 2.28. The van der Waals surface area contributed by atoms with Gasteiger partial charge in [-0.25, -0.2) is 0 Å². The van der Waals surface area contributed by atoms with E-state index in [1.54, 1.807) is 0 Å². The summed E-state index contributed by atoms with van der Waals surface area (Å²) in [7, 11) is 0. The number of ether oxygens (including phenoxy) is 1. The Balaban J connectivity index is 1.64. The van der Waals surface area contributed by atoms with Crippen molar-refractivity contribution in [3.63, 3.8) is 0 Å². The molecule has 0 spiro atoms. The minimum atomic E-state index is 0.155. The highest BCUT2D eigenvalue weighted by Crippen LogP contribution is 2.30. The van der Waals surface area contributed by atoms with Crippen LogP contribution in [0.5, 0.6) is 0 Å². The van der Waals surface area contributed by atoms with E-state index in [0.29, 0.717) is 18.6 Å². The Morgan fingerprint density at radius 1 is 1.22 bits per heavy atom. The van der Waals surface area contributed by atoms with E-state index in [0.717, 1.165) is 45.3 Å². The molecule has 0 bridgehead atoms. The number of nitrogens with one attached hydrogen (secondary N) is 1. The predicted octanol–water partition coefficient (Wildman–Crippen LogP) is 1.44. The third-order valence-corrected chi connectivity index (χ3v) is 4.34. The monoisotopic (exact) mass is 254 g/mol. The van der Waals surface area contributed by atoms with E-state index in [2.05, 4.69) is 5.32 Å². The molecule has 0 aromatic heterocycles. The SMILES string of the molecule is NCC1CCCC1C(=O)NCCC1CCCCO1. The molecule has 0 radical (unpaired) electrons. The lowest BCUT2D eigenvalue weighted by molar-refractivity contribution is -0.126. The largest absolute Gasteiger partial charge is 0.378 e. The smallest absolute Gasteiger partial charge is 0.223 e. The molecule has 1 aliphatic carbocycles. The molecule has 2 rings (SSSR count). The van der Waals surface area contributed by atoms with Gasteiger partial charge in [0.1, 0.15) is 0 Å². The fraction of sp³-hybridized carbons (Fsp3) is 0.929. The molecule has 0 aromatic rings. The maximum absolute atomic E-state index is 12.0. The zero-order valence-electron chi connectivity index (χ0n) is 11.2. The summed E-state index contributed by atoms with van der Waals surface area (Å²) < 4.78 is 5.66. The highest BCUT2D eigenvalue weighted by atomic mass is 16.5. The Hall–Kier alpha value is -0.610. The van der Waals surface area contributed by atoms with Gasteiger partial charge in [0.2, 0.25) is 5.91 Å². The highest BCUT2D eigenvalue weighted by molar-refractivity contribution is 5.79. The van der Waals surface area contributed by atoms with E-state index in [9.17, 15) is 4.79 Å². The van der Waals surface area contributed by atoms with Gasteiger partial charge >= 0.3 is 0 Å². The van der Waals surface area contributed by atoms with Gasteiger partial charge in [-0.3, -0.25) is 4.79 Å². The van der Waals surface area contributed by atoms with Crippen LogP contribution in [-0.2, 0) is 9.53 Å². The second-order valence-electron chi connectivity index (χ2n) is 5.60. The Morgan fingerprint density at radius 2 is 2.11 bits per heavy atom. The van der Waals surface area contributed by atoms with Crippen LogP contribution >= 0.6 is 0 Å². The van der Waals surface area contributed by atoms with Gasteiger partial charge in [0.05, 0.1) is 6.10 Å². The number of carbonyl (C=O) groups is 1. The fourth-order valence-corrected chi connectivity index (χ4v) is 3.19. The second kappa shape index (κ2) is 7.10. The minimum Gasteiger partial charge on any atom is -0.378 e. The molecule has 104 valence electrons. The van der Waals surface area contributed by atoms with Crippen LogP contribution < -0.4 is 11.1 Å². The molecular weight excluding hydrogens is 228 g/mol. The number of hydrogen-bond donors (Lipinski definition) is 2. The van der Waals surface area contributed by atoms with Crippen molar-refractivity contribution >= 4 is 5.91 Å². The Labute approximate surface area is 110 Å². The van der Waals surface area contributed by atoms with Gasteiger partial charge in [-0.2, -0.15) is 0 Å². The molecule has 0 aromatic carbocycles. The average molecular weight is 254 g/mol. The van der Waals surface area contributed by atoms with Crippen molar-refractivity contribution in [1.82, 2.24) is 5.32 Å². The number of carbonyl (C=O) groups excluding carboxylic acids is 1. The quantitative estimate of drug-likeness (QED) is 0.780. The van der Waals surface area contributed by atoms with Gasteiger partial charge < -0.3 is 15.8 Å². The molecule has 1 saturated heterocycles. The molecule has 1 aliphatic heterocycles. The van der Waals surface area contributed by atoms with Gasteiger partial charge in [-0.15, -0.1) is 0 Å². The number of rotatable bonds is 5. The summed E-state index contributed by atoms with van der Waals surface area (Å²) in [5.74, 6) is 0.761. The molecule has 1 amide bonds. The van der Waals surface area contributed by atoms with E-state index in [1.807, 2.05) is 0 Å². The first-order valence-electron chi connectivity index (χ1n) is 7.40. The number of nitrogens with two attached hydrogens (primary N) is 1. The Kier molecular flexibility index (Phi) is 5.45. The van der Waals surface area contributed by atoms with Crippen LogP contribution in [0, 0.1) is 11.8 Å². The van der Waals surface area contributed by atoms with E-state index >= 15 is 0 Å². The van der Waals surface area contributed by atoms with Gasteiger partial charge in [-0.1, -0.05) is 6.42 Å². The van der Waals surface area contributed by atoms with Crippen molar-refractivity contribution in [1.29, 1.82) is 0 Å². The third kappa shape index (κ3) is 3.69. The number of amides is 1. The molecule has 3 unspecified atom stereocenters. The maximum Gasteiger partial charge on any atom is 0.223 e. The van der Waals surface area contributed by atoms with Crippen LogP contribution in [0.3, 0.4) is 0 Å². The summed E-state index contributed by atoms with van der Waals surface area (Å²) in [6.07, 6.45) is 8.16. The van der Waals surface area contributed by atoms with E-state index < -0.39 is 0 Å². The standard InChI is InChI=1S/C14H26N2O2/c15-10-11-4-3-6-13(11)14(17)16-8-7-12-5-1-2-9-18-12/h11-13H,1-10,15H2,(H,16,17). The molecule has 4 heteroatoms. The molecule has 3 atom stereocenters. The molecule has 4 nitrogen and oxygen atoms in total. The third-order valence-electron chi connectivity index (χ3n) is 4.34. The lowest BCUT2D eigenvalue weighted by Gasteiger charge is -2.23. The highest BCUT2D eigenvalue weighted by Gasteiger charge is 2.31. The summed E-state index contributed by atoms with van der Waals surface area (Å²) in [5.41, 5.74) is 5.71. The zero-order chi connectivity index (χ0) is 12.8. The number of hydrogen-bond acceptors (Lipinski definition) is 3. The van der Waals surface area contributed by atoms with E-state index in [4.69, 9.17) is 10.5 Å². The Morgan fingerprint density at radius 3 is 2.83 bits per heavy atom. The van der Waals surface area contributed by atoms with Crippen LogP contribution in [0.4, 0.5) is 0 Å². The molecule has 3 N–H and O–H groups in total. The van der Waals surface area contributed by atoms with E-state index in [1.165, 1.54) is 12.8 Å². The van der Waals surface area contributed by atoms with Crippen molar-refractivity contribution in [2.24, 2.45) is 17.6 Å². The Bertz CT molecular complexity index is 265. The summed E-state index contributed by atoms with van der Waals surface area (Å²) >= 11 is 0. The average Bonchev–Trinajstić information content (AvgIpc) is 2.88. The predicted molar refractivity (Wildman–Crippen MR) is 71.1 cm³/mol. The normalized spacial score (nSPS) is 32.4. The van der Waals surface area contributed by atoms with Crippen LogP contribution in [0.2, 0.25) is 0 Å². The summed E-state index contributed by atoms with van der Waals surface area (Å²) in [4.78, 5) is 12.0. The van der Waals surface area contributed by atoms with Crippen molar-refractivity contribution < 1.29 is 9.53 Å². The second-order valence-corrected chi connectivity index (χ2v) is 5.60. The first-order chi connectivity index (χ1) is 8.81. The topological polar surface area (TPSA) is 64.4 Å². The first-order valence-corrected chi connectivity index (χ1v) is 7.40. The van der Waals surface area contributed by atoms with Crippen LogP contribution in [0.1, 0.15) is 44.9 Å². The summed E-state index contributed by atoms with van der Waals surface area (Å²) in [6, 6.07) is 0. The minimum absolute atomic E-state index is 0.155. The lowest BCUT2D eigenvalue weighted by Crippen LogP contribution is -2.36. The van der Waals surface area contributed by atoms with Crippen molar-refractivity contribution in [2.75, 3.05) is 19.7 Å². The first kappa shape index (κ1) is 13.8. The van der Waals surface area contributed by atoms with Gasteiger partial charge in [0.25, 0.3) is 0 Å².